The molecule has 2 heteroatoms. The van der Waals surface area contributed by atoms with Gasteiger partial charge in [0.25, 0.3) is 0 Å². The van der Waals surface area contributed by atoms with Crippen LogP contribution in [0.4, 0.5) is 0 Å². The molecule has 0 saturated heterocycles. The van der Waals surface area contributed by atoms with E-state index in [2.05, 4.69) is 19.2 Å². The molecule has 15 heavy (non-hydrogen) atoms. The van der Waals surface area contributed by atoms with Gasteiger partial charge in [-0.25, -0.2) is 0 Å². The molecule has 1 N–H and O–H groups in total. The highest BCUT2D eigenvalue weighted by Gasteiger charge is 1.98. The Labute approximate surface area is 94.8 Å². The molecule has 0 rings (SSSR count). The summed E-state index contributed by atoms with van der Waals surface area (Å²) in [4.78, 5) is 10.1. The van der Waals surface area contributed by atoms with Crippen molar-refractivity contribution in [2.75, 3.05) is 0 Å². The molecule has 0 fully saturated rings. The van der Waals surface area contributed by atoms with E-state index in [-0.39, 0.29) is 6.04 Å². The van der Waals surface area contributed by atoms with Gasteiger partial charge in [0.2, 0.25) is 6.41 Å². The molecule has 1 unspecified atom stereocenters. The van der Waals surface area contributed by atoms with E-state index in [1.807, 2.05) is 0 Å². The van der Waals surface area contributed by atoms with Gasteiger partial charge < -0.3 is 5.32 Å². The van der Waals surface area contributed by atoms with Gasteiger partial charge >= 0.3 is 0 Å². The van der Waals surface area contributed by atoms with Crippen LogP contribution in [0.25, 0.3) is 0 Å². The Bertz CT molecular complexity index is 136. The summed E-state index contributed by atoms with van der Waals surface area (Å²) in [5.74, 6) is 0. The molecule has 0 aliphatic heterocycles. The lowest BCUT2D eigenvalue weighted by molar-refractivity contribution is -0.109. The van der Waals surface area contributed by atoms with Crippen molar-refractivity contribution in [1.29, 1.82) is 0 Å². The van der Waals surface area contributed by atoms with E-state index in [1.54, 1.807) is 0 Å². The molecule has 0 aliphatic rings. The van der Waals surface area contributed by atoms with Crippen LogP contribution in [0.3, 0.4) is 0 Å². The van der Waals surface area contributed by atoms with Crippen LogP contribution in [0.5, 0.6) is 0 Å². The molecule has 0 aromatic rings. The lowest BCUT2D eigenvalue weighted by Crippen LogP contribution is -2.24. The van der Waals surface area contributed by atoms with Gasteiger partial charge in [-0.15, -0.1) is 0 Å². The molecule has 0 aliphatic carbocycles. The third-order valence-corrected chi connectivity index (χ3v) is 2.71. The molecule has 0 saturated carbocycles. The van der Waals surface area contributed by atoms with E-state index in [0.29, 0.717) is 0 Å². The van der Waals surface area contributed by atoms with Crippen LogP contribution >= 0.6 is 0 Å². The number of hydrogen-bond donors (Lipinski definition) is 1. The maximum Gasteiger partial charge on any atom is 0.207 e. The quantitative estimate of drug-likeness (QED) is 0.412. The first-order chi connectivity index (χ1) is 7.31. The van der Waals surface area contributed by atoms with Gasteiger partial charge in [0.05, 0.1) is 0 Å². The minimum atomic E-state index is 0.0996. The predicted molar refractivity (Wildman–Crippen MR) is 65.6 cm³/mol. The first kappa shape index (κ1) is 14.5. The van der Waals surface area contributed by atoms with Crippen LogP contribution in [0, 0.1) is 6.92 Å². The van der Waals surface area contributed by atoms with Crippen LogP contribution in [0.15, 0.2) is 0 Å². The topological polar surface area (TPSA) is 29.1 Å². The van der Waals surface area contributed by atoms with Gasteiger partial charge in [0, 0.05) is 6.04 Å². The Hall–Kier alpha value is -0.530. The molecule has 0 aromatic heterocycles. The summed E-state index contributed by atoms with van der Waals surface area (Å²) < 4.78 is 0. The molecule has 1 atom stereocenters. The summed E-state index contributed by atoms with van der Waals surface area (Å²) in [5.41, 5.74) is 0. The summed E-state index contributed by atoms with van der Waals surface area (Å²) in [6, 6.07) is 0.0996. The second-order valence-electron chi connectivity index (χ2n) is 4.24. The second kappa shape index (κ2) is 11.5. The van der Waals surface area contributed by atoms with Crippen molar-refractivity contribution in [3.63, 3.8) is 0 Å². The first-order valence-electron chi connectivity index (χ1n) is 6.34. The number of amides is 1. The molecule has 0 spiro atoms. The third-order valence-electron chi connectivity index (χ3n) is 2.71. The van der Waals surface area contributed by atoms with E-state index >= 15 is 0 Å². The van der Waals surface area contributed by atoms with Crippen LogP contribution in [-0.2, 0) is 4.79 Å². The van der Waals surface area contributed by atoms with Gasteiger partial charge in [-0.1, -0.05) is 58.3 Å². The van der Waals surface area contributed by atoms with E-state index < -0.39 is 0 Å². The van der Waals surface area contributed by atoms with Crippen molar-refractivity contribution in [2.24, 2.45) is 0 Å². The number of carbonyl (C=O) groups is 1. The normalized spacial score (nSPS) is 12.4. The zero-order valence-electron chi connectivity index (χ0n) is 10.1. The first-order valence-corrected chi connectivity index (χ1v) is 6.34. The Balaban J connectivity index is 3.01. The zero-order valence-corrected chi connectivity index (χ0v) is 10.1. The SMILES string of the molecule is [CH2]C(CCCCCCCCCC)NC=O. The fourth-order valence-electron chi connectivity index (χ4n) is 1.70. The lowest BCUT2D eigenvalue weighted by Gasteiger charge is -2.08. The van der Waals surface area contributed by atoms with Crippen LogP contribution in [0.1, 0.15) is 64.7 Å². The predicted octanol–water partition coefficient (Wildman–Crippen LogP) is 3.47. The maximum atomic E-state index is 10.1. The van der Waals surface area contributed by atoms with Gasteiger partial charge in [0.15, 0.2) is 0 Å². The highest BCUT2D eigenvalue weighted by molar-refractivity contribution is 5.46. The Kier molecular flexibility index (Phi) is 11.1. The highest BCUT2D eigenvalue weighted by atomic mass is 16.1. The Morgan fingerprint density at radius 1 is 1.07 bits per heavy atom. The number of hydrogen-bond acceptors (Lipinski definition) is 1. The fourth-order valence-corrected chi connectivity index (χ4v) is 1.70. The van der Waals surface area contributed by atoms with Crippen molar-refractivity contribution < 1.29 is 4.79 Å². The van der Waals surface area contributed by atoms with Crippen molar-refractivity contribution >= 4 is 6.41 Å². The van der Waals surface area contributed by atoms with Crippen LogP contribution in [-0.4, -0.2) is 12.5 Å². The zero-order chi connectivity index (χ0) is 11.4. The van der Waals surface area contributed by atoms with Crippen molar-refractivity contribution in [2.45, 2.75) is 70.8 Å². The molecular formula is C13H26NO. The third kappa shape index (κ3) is 11.4. The second-order valence-corrected chi connectivity index (χ2v) is 4.24. The summed E-state index contributed by atoms with van der Waals surface area (Å²) in [7, 11) is 0. The average molecular weight is 212 g/mol. The molecule has 1 amide bonds. The summed E-state index contributed by atoms with van der Waals surface area (Å²) >= 11 is 0. The number of rotatable bonds is 11. The monoisotopic (exact) mass is 212 g/mol. The van der Waals surface area contributed by atoms with Crippen LogP contribution in [0.2, 0.25) is 0 Å². The van der Waals surface area contributed by atoms with E-state index in [1.165, 1.54) is 51.4 Å². The summed E-state index contributed by atoms with van der Waals surface area (Å²) in [6.07, 6.45) is 12.4. The maximum absolute atomic E-state index is 10.1. The summed E-state index contributed by atoms with van der Waals surface area (Å²) in [6.45, 7) is 6.09. The van der Waals surface area contributed by atoms with E-state index in [0.717, 1.165) is 12.8 Å². The van der Waals surface area contributed by atoms with Crippen molar-refractivity contribution in [3.05, 3.63) is 6.92 Å². The summed E-state index contributed by atoms with van der Waals surface area (Å²) in [5, 5.41) is 2.67. The molecule has 1 radical (unpaired) electrons. The fraction of sp³-hybridized carbons (Fsp3) is 0.846. The van der Waals surface area contributed by atoms with Gasteiger partial charge in [-0.05, 0) is 13.3 Å². The largest absolute Gasteiger partial charge is 0.356 e. The lowest BCUT2D eigenvalue weighted by atomic mass is 10.1. The Morgan fingerprint density at radius 3 is 2.13 bits per heavy atom. The molecule has 89 valence electrons. The molecule has 2 nitrogen and oxygen atoms in total. The van der Waals surface area contributed by atoms with Crippen LogP contribution < -0.4 is 5.32 Å². The van der Waals surface area contributed by atoms with Gasteiger partial charge in [-0.2, -0.15) is 0 Å². The Morgan fingerprint density at radius 2 is 1.60 bits per heavy atom. The van der Waals surface area contributed by atoms with Gasteiger partial charge in [-0.3, -0.25) is 4.79 Å². The molecule has 0 aromatic carbocycles. The number of nitrogens with one attached hydrogen (secondary N) is 1. The molecular weight excluding hydrogens is 186 g/mol. The highest BCUT2D eigenvalue weighted by Crippen LogP contribution is 2.10. The minimum Gasteiger partial charge on any atom is -0.356 e. The van der Waals surface area contributed by atoms with E-state index in [9.17, 15) is 4.79 Å². The van der Waals surface area contributed by atoms with Gasteiger partial charge in [0.1, 0.15) is 0 Å². The van der Waals surface area contributed by atoms with Crippen molar-refractivity contribution in [1.82, 2.24) is 5.32 Å². The average Bonchev–Trinajstić information content (AvgIpc) is 2.22. The smallest absolute Gasteiger partial charge is 0.207 e. The molecule has 0 bridgehead atoms. The number of unbranched alkanes of at least 4 members (excludes halogenated alkanes) is 7. The standard InChI is InChI=1S/C13H26NO/c1-3-4-5-6-7-8-9-10-11-13(2)14-12-15/h12-13H,2-11H2,1H3,(H,14,15). The number of carbonyl (C=O) groups excluding carboxylic acids is 1. The van der Waals surface area contributed by atoms with E-state index in [4.69, 9.17) is 0 Å². The minimum absolute atomic E-state index is 0.0996. The van der Waals surface area contributed by atoms with Crippen molar-refractivity contribution in [3.8, 4) is 0 Å². The molecule has 0 heterocycles.